The molecule has 2 aliphatic rings. The van der Waals surface area contributed by atoms with Crippen molar-refractivity contribution in [2.45, 2.75) is 52.0 Å². The van der Waals surface area contributed by atoms with Crippen molar-refractivity contribution in [3.63, 3.8) is 0 Å². The Balaban J connectivity index is 2.18. The van der Waals surface area contributed by atoms with E-state index in [1.165, 1.54) is 25.7 Å². The Morgan fingerprint density at radius 2 is 1.57 bits per heavy atom. The summed E-state index contributed by atoms with van der Waals surface area (Å²) in [6.07, 6.45) is 4.74. The van der Waals surface area contributed by atoms with Crippen LogP contribution < -0.4 is 5.73 Å². The van der Waals surface area contributed by atoms with Crippen LogP contribution in [0.2, 0.25) is 0 Å². The zero-order valence-corrected chi connectivity index (χ0v) is 9.73. The maximum Gasteiger partial charge on any atom is 0.0471 e. The number of rotatable bonds is 2. The Kier molecular flexibility index (Phi) is 2.20. The maximum absolute atomic E-state index is 6.40. The highest BCUT2D eigenvalue weighted by molar-refractivity contribution is 5.14. The van der Waals surface area contributed by atoms with E-state index in [-0.39, 0.29) is 11.0 Å². The molecule has 0 spiro atoms. The van der Waals surface area contributed by atoms with Crippen LogP contribution in [0.15, 0.2) is 0 Å². The summed E-state index contributed by atoms with van der Waals surface area (Å²) in [6.45, 7) is 8.92. The molecule has 82 valence electrons. The van der Waals surface area contributed by atoms with Crippen LogP contribution in [0.5, 0.6) is 0 Å². The van der Waals surface area contributed by atoms with E-state index >= 15 is 0 Å². The fourth-order valence-corrected chi connectivity index (χ4v) is 2.81. The average molecular weight is 197 g/mol. The lowest BCUT2D eigenvalue weighted by Crippen LogP contribution is -2.52. The highest BCUT2D eigenvalue weighted by Gasteiger charge is 2.58. The van der Waals surface area contributed by atoms with Crippen molar-refractivity contribution in [2.75, 3.05) is 13.2 Å². The summed E-state index contributed by atoms with van der Waals surface area (Å²) in [7, 11) is 0. The summed E-state index contributed by atoms with van der Waals surface area (Å²) >= 11 is 0. The van der Waals surface area contributed by atoms with E-state index in [1.54, 1.807) is 0 Å². The highest BCUT2D eigenvalue weighted by Crippen LogP contribution is 2.59. The predicted molar refractivity (Wildman–Crippen MR) is 58.1 cm³/mol. The van der Waals surface area contributed by atoms with Gasteiger partial charge in [0, 0.05) is 18.8 Å². The van der Waals surface area contributed by atoms with Crippen molar-refractivity contribution in [1.82, 2.24) is 0 Å². The van der Waals surface area contributed by atoms with Crippen LogP contribution in [0, 0.1) is 10.8 Å². The van der Waals surface area contributed by atoms with Gasteiger partial charge in [0.15, 0.2) is 0 Å². The molecule has 0 aromatic carbocycles. The number of ether oxygens (including phenoxy) is 1. The lowest BCUT2D eigenvalue weighted by atomic mass is 9.58. The quantitative estimate of drug-likeness (QED) is 0.737. The van der Waals surface area contributed by atoms with Crippen molar-refractivity contribution >= 4 is 0 Å². The first-order chi connectivity index (χ1) is 6.41. The Bertz CT molecular complexity index is 224. The summed E-state index contributed by atoms with van der Waals surface area (Å²) < 4.78 is 5.45. The Morgan fingerprint density at radius 3 is 2.00 bits per heavy atom. The summed E-state index contributed by atoms with van der Waals surface area (Å²) in [5.41, 5.74) is 7.14. The maximum atomic E-state index is 6.40. The van der Waals surface area contributed by atoms with Crippen molar-refractivity contribution in [3.05, 3.63) is 0 Å². The molecule has 2 N–H and O–H groups in total. The van der Waals surface area contributed by atoms with Gasteiger partial charge in [-0.3, -0.25) is 0 Å². The first-order valence-electron chi connectivity index (χ1n) is 5.78. The van der Waals surface area contributed by atoms with E-state index < -0.39 is 0 Å². The van der Waals surface area contributed by atoms with Gasteiger partial charge in [-0.05, 0) is 36.5 Å². The van der Waals surface area contributed by atoms with Crippen LogP contribution in [-0.2, 0) is 4.74 Å². The lowest BCUT2D eigenvalue weighted by molar-refractivity contribution is -0.0571. The molecule has 1 heterocycles. The van der Waals surface area contributed by atoms with Crippen molar-refractivity contribution in [2.24, 2.45) is 16.6 Å². The Hall–Kier alpha value is -0.0800. The summed E-state index contributed by atoms with van der Waals surface area (Å²) in [4.78, 5) is 0. The average Bonchev–Trinajstić information content (AvgIpc) is 2.86. The topological polar surface area (TPSA) is 35.2 Å². The molecular formula is C12H23NO. The third kappa shape index (κ3) is 1.31. The summed E-state index contributed by atoms with van der Waals surface area (Å²) in [5, 5.41) is 0. The van der Waals surface area contributed by atoms with Gasteiger partial charge in [0.25, 0.3) is 0 Å². The van der Waals surface area contributed by atoms with E-state index in [0.29, 0.717) is 5.41 Å². The Labute approximate surface area is 87.2 Å². The van der Waals surface area contributed by atoms with Gasteiger partial charge in [0.2, 0.25) is 0 Å². The zero-order chi connectivity index (χ0) is 10.4. The van der Waals surface area contributed by atoms with E-state index in [4.69, 9.17) is 10.5 Å². The van der Waals surface area contributed by atoms with Crippen molar-refractivity contribution in [3.8, 4) is 0 Å². The molecule has 0 radical (unpaired) electrons. The molecule has 0 aromatic heterocycles. The van der Waals surface area contributed by atoms with Crippen LogP contribution >= 0.6 is 0 Å². The first-order valence-corrected chi connectivity index (χ1v) is 5.78. The monoisotopic (exact) mass is 197 g/mol. The van der Waals surface area contributed by atoms with E-state index in [1.807, 2.05) is 0 Å². The second-order valence-electron chi connectivity index (χ2n) is 5.95. The molecule has 0 bridgehead atoms. The molecule has 0 atom stereocenters. The van der Waals surface area contributed by atoms with Crippen molar-refractivity contribution < 1.29 is 4.74 Å². The molecule has 1 saturated carbocycles. The van der Waals surface area contributed by atoms with Gasteiger partial charge in [-0.1, -0.05) is 20.8 Å². The fraction of sp³-hybridized carbons (Fsp3) is 1.00. The van der Waals surface area contributed by atoms with Crippen LogP contribution in [0.1, 0.15) is 46.5 Å². The third-order valence-electron chi connectivity index (χ3n) is 5.14. The number of hydrogen-bond donors (Lipinski definition) is 1. The van der Waals surface area contributed by atoms with Crippen LogP contribution in [0.4, 0.5) is 0 Å². The SMILES string of the molecule is CC1(C(C)(C)C2(N)CC2)CCOCC1. The van der Waals surface area contributed by atoms with Gasteiger partial charge >= 0.3 is 0 Å². The van der Waals surface area contributed by atoms with Gasteiger partial charge in [-0.2, -0.15) is 0 Å². The summed E-state index contributed by atoms with van der Waals surface area (Å²) in [6, 6.07) is 0. The number of hydrogen-bond acceptors (Lipinski definition) is 2. The normalized spacial score (nSPS) is 30.0. The smallest absolute Gasteiger partial charge is 0.0471 e. The molecule has 0 aromatic rings. The minimum Gasteiger partial charge on any atom is -0.381 e. The van der Waals surface area contributed by atoms with Gasteiger partial charge in [-0.25, -0.2) is 0 Å². The molecule has 2 fully saturated rings. The van der Waals surface area contributed by atoms with E-state index in [0.717, 1.165) is 13.2 Å². The molecule has 0 unspecified atom stereocenters. The summed E-state index contributed by atoms with van der Waals surface area (Å²) in [5.74, 6) is 0. The van der Waals surface area contributed by atoms with Gasteiger partial charge < -0.3 is 10.5 Å². The molecule has 1 saturated heterocycles. The second-order valence-corrected chi connectivity index (χ2v) is 5.95. The fourth-order valence-electron chi connectivity index (χ4n) is 2.81. The van der Waals surface area contributed by atoms with Gasteiger partial charge in [-0.15, -0.1) is 0 Å². The number of nitrogens with two attached hydrogens (primary N) is 1. The molecule has 2 rings (SSSR count). The first kappa shape index (κ1) is 10.4. The minimum atomic E-state index is 0.110. The second kappa shape index (κ2) is 2.96. The molecule has 2 heteroatoms. The third-order valence-corrected chi connectivity index (χ3v) is 5.14. The lowest BCUT2D eigenvalue weighted by Gasteiger charge is -2.50. The van der Waals surface area contributed by atoms with E-state index in [2.05, 4.69) is 20.8 Å². The van der Waals surface area contributed by atoms with Crippen LogP contribution in [-0.4, -0.2) is 18.8 Å². The molecular weight excluding hydrogens is 174 g/mol. The molecule has 2 nitrogen and oxygen atoms in total. The Morgan fingerprint density at radius 1 is 1.07 bits per heavy atom. The largest absolute Gasteiger partial charge is 0.381 e. The van der Waals surface area contributed by atoms with Crippen molar-refractivity contribution in [1.29, 1.82) is 0 Å². The predicted octanol–water partition coefficient (Wildman–Crippen LogP) is 2.32. The van der Waals surface area contributed by atoms with E-state index in [9.17, 15) is 0 Å². The molecule has 14 heavy (non-hydrogen) atoms. The van der Waals surface area contributed by atoms with Gasteiger partial charge in [0.05, 0.1) is 0 Å². The standard InChI is InChI=1S/C12H23NO/c1-10(2,12(13)4-5-12)11(3)6-8-14-9-7-11/h4-9,13H2,1-3H3. The van der Waals surface area contributed by atoms with Crippen LogP contribution in [0.25, 0.3) is 0 Å². The highest BCUT2D eigenvalue weighted by atomic mass is 16.5. The molecule has 1 aliphatic heterocycles. The molecule has 0 amide bonds. The van der Waals surface area contributed by atoms with Crippen LogP contribution in [0.3, 0.4) is 0 Å². The van der Waals surface area contributed by atoms with Gasteiger partial charge in [0.1, 0.15) is 0 Å². The molecule has 1 aliphatic carbocycles. The zero-order valence-electron chi connectivity index (χ0n) is 9.73. The minimum absolute atomic E-state index is 0.110.